The summed E-state index contributed by atoms with van der Waals surface area (Å²) >= 11 is 0. The Morgan fingerprint density at radius 2 is 2.00 bits per heavy atom. The van der Waals surface area contributed by atoms with Crippen molar-refractivity contribution in [1.29, 1.82) is 0 Å². The Labute approximate surface area is 68.5 Å². The molecule has 0 amide bonds. The highest BCUT2D eigenvalue weighted by Gasteiger charge is 2.36. The van der Waals surface area contributed by atoms with Gasteiger partial charge in [0.2, 0.25) is 7.37 Å². The first-order valence-corrected chi connectivity index (χ1v) is 5.24. The number of allylic oxidation sites excluding steroid dienone is 1. The summed E-state index contributed by atoms with van der Waals surface area (Å²) < 4.78 is 45.6. The van der Waals surface area contributed by atoms with Crippen LogP contribution in [0.25, 0.3) is 0 Å². The minimum atomic E-state index is -4.58. The van der Waals surface area contributed by atoms with Gasteiger partial charge in [-0.05, 0) is 12.2 Å². The molecule has 12 heavy (non-hydrogen) atoms. The summed E-state index contributed by atoms with van der Waals surface area (Å²) in [5, 5.41) is 0. The number of hydrogen-bond acceptors (Lipinski definition) is 1. The van der Waals surface area contributed by atoms with Crippen LogP contribution >= 0.6 is 7.37 Å². The zero-order valence-corrected chi connectivity index (χ0v) is 7.40. The molecule has 0 aliphatic rings. The SMILES string of the molecule is CCC=CP(=O)(O)CC(F)(F)F. The van der Waals surface area contributed by atoms with E-state index in [9.17, 15) is 17.7 Å². The molecule has 0 radical (unpaired) electrons. The molecule has 0 rings (SSSR count). The van der Waals surface area contributed by atoms with Crippen LogP contribution in [0.4, 0.5) is 13.2 Å². The van der Waals surface area contributed by atoms with Crippen molar-refractivity contribution in [3.8, 4) is 0 Å². The lowest BCUT2D eigenvalue weighted by Gasteiger charge is -2.09. The average Bonchev–Trinajstić information content (AvgIpc) is 1.78. The summed E-state index contributed by atoms with van der Waals surface area (Å²) in [5.41, 5.74) is 0. The molecule has 0 saturated heterocycles. The third-order valence-corrected chi connectivity index (χ3v) is 2.47. The molecule has 2 nitrogen and oxygen atoms in total. The van der Waals surface area contributed by atoms with Gasteiger partial charge in [-0.3, -0.25) is 4.57 Å². The summed E-state index contributed by atoms with van der Waals surface area (Å²) in [7, 11) is -4.14. The van der Waals surface area contributed by atoms with Gasteiger partial charge in [0.15, 0.2) is 0 Å². The molecule has 1 N–H and O–H groups in total. The molecule has 0 heterocycles. The fraction of sp³-hybridized carbons (Fsp3) is 0.667. The van der Waals surface area contributed by atoms with E-state index in [-0.39, 0.29) is 0 Å². The van der Waals surface area contributed by atoms with Gasteiger partial charge in [-0.1, -0.05) is 13.0 Å². The Hall–Kier alpha value is -0.280. The molecule has 0 spiro atoms. The van der Waals surface area contributed by atoms with Crippen LogP contribution in [-0.2, 0) is 4.57 Å². The maximum absolute atomic E-state index is 11.6. The minimum Gasteiger partial charge on any atom is -0.341 e. The Bertz CT molecular complexity index is 209. The predicted molar refractivity (Wildman–Crippen MR) is 40.2 cm³/mol. The zero-order chi connectivity index (χ0) is 9.83. The lowest BCUT2D eigenvalue weighted by molar-refractivity contribution is -0.107. The van der Waals surface area contributed by atoms with Crippen molar-refractivity contribution < 1.29 is 22.6 Å². The molecular formula is C6H10F3O2P. The monoisotopic (exact) mass is 202 g/mol. The second-order valence-electron chi connectivity index (χ2n) is 2.32. The molecular weight excluding hydrogens is 192 g/mol. The Morgan fingerprint density at radius 3 is 2.33 bits per heavy atom. The van der Waals surface area contributed by atoms with E-state index >= 15 is 0 Å². The average molecular weight is 202 g/mol. The first-order chi connectivity index (χ1) is 5.27. The van der Waals surface area contributed by atoms with E-state index < -0.39 is 19.7 Å². The molecule has 0 aromatic carbocycles. The summed E-state index contributed by atoms with van der Waals surface area (Å²) in [6.07, 6.45) is -4.52. The summed E-state index contributed by atoms with van der Waals surface area (Å²) in [6.45, 7) is 1.67. The van der Waals surface area contributed by atoms with Crippen molar-refractivity contribution in [2.45, 2.75) is 19.5 Å². The van der Waals surface area contributed by atoms with Gasteiger partial charge in [-0.25, -0.2) is 0 Å². The van der Waals surface area contributed by atoms with Crippen molar-refractivity contribution in [2.75, 3.05) is 6.16 Å². The Morgan fingerprint density at radius 1 is 1.50 bits per heavy atom. The van der Waals surface area contributed by atoms with Crippen molar-refractivity contribution in [3.05, 3.63) is 11.9 Å². The fourth-order valence-corrected chi connectivity index (χ4v) is 1.74. The van der Waals surface area contributed by atoms with Crippen molar-refractivity contribution in [3.63, 3.8) is 0 Å². The van der Waals surface area contributed by atoms with Gasteiger partial charge in [0.25, 0.3) is 0 Å². The summed E-state index contributed by atoms with van der Waals surface area (Å²) in [5.74, 6) is 0.737. The molecule has 72 valence electrons. The Kier molecular flexibility index (Phi) is 4.00. The standard InChI is InChI=1S/C6H10F3O2P/c1-2-3-4-12(10,11)5-6(7,8)9/h3-4H,2,5H2,1H3,(H,10,11). The maximum atomic E-state index is 11.6. The largest absolute Gasteiger partial charge is 0.398 e. The smallest absolute Gasteiger partial charge is 0.341 e. The van der Waals surface area contributed by atoms with Crippen LogP contribution in [0.15, 0.2) is 11.9 Å². The van der Waals surface area contributed by atoms with Gasteiger partial charge >= 0.3 is 6.18 Å². The summed E-state index contributed by atoms with van der Waals surface area (Å²) in [6, 6.07) is 0. The van der Waals surface area contributed by atoms with Crippen LogP contribution < -0.4 is 0 Å². The molecule has 6 heteroatoms. The molecule has 0 aliphatic heterocycles. The van der Waals surface area contributed by atoms with E-state index in [0.717, 1.165) is 5.82 Å². The molecule has 0 saturated carbocycles. The third-order valence-electron chi connectivity index (χ3n) is 0.980. The zero-order valence-electron chi connectivity index (χ0n) is 6.51. The van der Waals surface area contributed by atoms with Gasteiger partial charge < -0.3 is 4.89 Å². The van der Waals surface area contributed by atoms with Gasteiger partial charge in [0, 0.05) is 0 Å². The maximum Gasteiger partial charge on any atom is 0.398 e. The first kappa shape index (κ1) is 11.7. The lowest BCUT2D eigenvalue weighted by atomic mass is 10.5. The second kappa shape index (κ2) is 4.10. The van der Waals surface area contributed by atoms with E-state index in [4.69, 9.17) is 4.89 Å². The quantitative estimate of drug-likeness (QED) is 0.714. The minimum absolute atomic E-state index is 0.447. The second-order valence-corrected chi connectivity index (χ2v) is 4.45. The topological polar surface area (TPSA) is 37.3 Å². The fourth-order valence-electron chi connectivity index (χ4n) is 0.580. The number of hydrogen-bond donors (Lipinski definition) is 1. The molecule has 0 fully saturated rings. The number of halogens is 3. The van der Waals surface area contributed by atoms with Gasteiger partial charge in [0.1, 0.15) is 6.16 Å². The highest BCUT2D eigenvalue weighted by Crippen LogP contribution is 2.47. The van der Waals surface area contributed by atoms with E-state index in [1.165, 1.54) is 6.08 Å². The first-order valence-electron chi connectivity index (χ1n) is 3.33. The van der Waals surface area contributed by atoms with Crippen LogP contribution in [-0.4, -0.2) is 17.2 Å². The number of rotatable bonds is 3. The molecule has 1 unspecified atom stereocenters. The molecule has 0 aromatic heterocycles. The van der Waals surface area contributed by atoms with Crippen LogP contribution in [0.1, 0.15) is 13.3 Å². The van der Waals surface area contributed by atoms with Crippen molar-refractivity contribution in [1.82, 2.24) is 0 Å². The molecule has 0 aromatic rings. The van der Waals surface area contributed by atoms with E-state index in [2.05, 4.69) is 0 Å². The van der Waals surface area contributed by atoms with Gasteiger partial charge in [0.05, 0.1) is 0 Å². The number of alkyl halides is 3. The lowest BCUT2D eigenvalue weighted by Crippen LogP contribution is -2.13. The normalized spacial score (nSPS) is 18.1. The van der Waals surface area contributed by atoms with E-state index in [0.29, 0.717) is 6.42 Å². The highest BCUT2D eigenvalue weighted by atomic mass is 31.2. The van der Waals surface area contributed by atoms with Gasteiger partial charge in [-0.15, -0.1) is 0 Å². The Balaban J connectivity index is 4.24. The molecule has 1 atom stereocenters. The van der Waals surface area contributed by atoms with E-state index in [1.54, 1.807) is 6.92 Å². The van der Waals surface area contributed by atoms with E-state index in [1.807, 2.05) is 0 Å². The molecule has 0 aliphatic carbocycles. The van der Waals surface area contributed by atoms with Crippen LogP contribution in [0.5, 0.6) is 0 Å². The van der Waals surface area contributed by atoms with Crippen molar-refractivity contribution in [2.24, 2.45) is 0 Å². The highest BCUT2D eigenvalue weighted by molar-refractivity contribution is 7.61. The van der Waals surface area contributed by atoms with Gasteiger partial charge in [-0.2, -0.15) is 13.2 Å². The third kappa shape index (κ3) is 6.43. The summed E-state index contributed by atoms with van der Waals surface area (Å²) in [4.78, 5) is 8.73. The predicted octanol–water partition coefficient (Wildman–Crippen LogP) is 2.74. The van der Waals surface area contributed by atoms with Crippen LogP contribution in [0.2, 0.25) is 0 Å². The van der Waals surface area contributed by atoms with Crippen molar-refractivity contribution >= 4 is 7.37 Å². The molecule has 0 bridgehead atoms. The van der Waals surface area contributed by atoms with Crippen LogP contribution in [0.3, 0.4) is 0 Å². The van der Waals surface area contributed by atoms with Crippen LogP contribution in [0, 0.1) is 0 Å².